The topological polar surface area (TPSA) is 9.23 Å². The van der Waals surface area contributed by atoms with Gasteiger partial charge in [0.05, 0.1) is 6.26 Å². The Kier molecular flexibility index (Phi) is 1.22. The molecule has 0 N–H and O–H groups in total. The van der Waals surface area contributed by atoms with Crippen LogP contribution in [-0.2, 0) is 4.74 Å². The second-order valence-electron chi connectivity index (χ2n) is 3.81. The lowest BCUT2D eigenvalue weighted by atomic mass is 9.92. The van der Waals surface area contributed by atoms with Gasteiger partial charge < -0.3 is 4.74 Å². The van der Waals surface area contributed by atoms with E-state index in [0.29, 0.717) is 0 Å². The van der Waals surface area contributed by atoms with Crippen LogP contribution in [0, 0.1) is 5.41 Å². The highest BCUT2D eigenvalue weighted by Gasteiger charge is 2.28. The molecule has 0 saturated carbocycles. The molecule has 1 aliphatic carbocycles. The third-order valence-electron chi connectivity index (χ3n) is 2.06. The summed E-state index contributed by atoms with van der Waals surface area (Å²) in [5.41, 5.74) is 1.62. The number of ether oxygens (including phenoxy) is 1. The van der Waals surface area contributed by atoms with Gasteiger partial charge in [0.25, 0.3) is 0 Å². The molecule has 0 aromatic heterocycles. The summed E-state index contributed by atoms with van der Waals surface area (Å²) in [6.07, 6.45) is 9.11. The van der Waals surface area contributed by atoms with Crippen molar-refractivity contribution in [3.63, 3.8) is 0 Å². The SMILES string of the molecule is CC1(C)C=C2OC=CC=C2C1. The van der Waals surface area contributed by atoms with Crippen molar-refractivity contribution in [2.24, 2.45) is 5.41 Å². The van der Waals surface area contributed by atoms with Gasteiger partial charge in [-0.15, -0.1) is 0 Å². The van der Waals surface area contributed by atoms with Gasteiger partial charge in [0, 0.05) is 0 Å². The van der Waals surface area contributed by atoms with Gasteiger partial charge in [-0.3, -0.25) is 0 Å². The lowest BCUT2D eigenvalue weighted by molar-refractivity contribution is 0.359. The van der Waals surface area contributed by atoms with Crippen molar-refractivity contribution in [3.8, 4) is 0 Å². The monoisotopic (exact) mass is 148 g/mol. The van der Waals surface area contributed by atoms with Crippen LogP contribution >= 0.6 is 0 Å². The van der Waals surface area contributed by atoms with Crippen molar-refractivity contribution in [2.75, 3.05) is 0 Å². The van der Waals surface area contributed by atoms with Crippen molar-refractivity contribution >= 4 is 0 Å². The Bertz CT molecular complexity index is 267. The smallest absolute Gasteiger partial charge is 0.126 e. The summed E-state index contributed by atoms with van der Waals surface area (Å²) in [5.74, 6) is 1.05. The van der Waals surface area contributed by atoms with Crippen LogP contribution in [0.3, 0.4) is 0 Å². The van der Waals surface area contributed by atoms with Gasteiger partial charge in [-0.1, -0.05) is 19.9 Å². The standard InChI is InChI=1S/C10H12O/c1-10(2)6-8-4-3-5-11-9(8)7-10/h3-5,7H,6H2,1-2H3. The highest BCUT2D eigenvalue weighted by molar-refractivity contribution is 5.39. The van der Waals surface area contributed by atoms with Crippen molar-refractivity contribution < 1.29 is 4.74 Å². The minimum Gasteiger partial charge on any atom is -0.465 e. The van der Waals surface area contributed by atoms with E-state index < -0.39 is 0 Å². The second-order valence-corrected chi connectivity index (χ2v) is 3.81. The molecule has 1 heteroatoms. The first-order valence-corrected chi connectivity index (χ1v) is 3.93. The largest absolute Gasteiger partial charge is 0.465 e. The number of fused-ring (bicyclic) bond motifs is 1. The van der Waals surface area contributed by atoms with E-state index >= 15 is 0 Å². The summed E-state index contributed by atoms with van der Waals surface area (Å²) in [4.78, 5) is 0. The highest BCUT2D eigenvalue weighted by atomic mass is 16.5. The zero-order chi connectivity index (χ0) is 7.90. The maximum atomic E-state index is 5.35. The molecular formula is C10H12O. The van der Waals surface area contributed by atoms with E-state index in [9.17, 15) is 0 Å². The molecule has 0 aromatic rings. The van der Waals surface area contributed by atoms with Crippen molar-refractivity contribution in [1.82, 2.24) is 0 Å². The molecule has 0 atom stereocenters. The maximum absolute atomic E-state index is 5.35. The lowest BCUT2D eigenvalue weighted by Gasteiger charge is -2.12. The second kappa shape index (κ2) is 2.00. The number of allylic oxidation sites excluding steroid dienone is 4. The molecule has 2 rings (SSSR count). The first kappa shape index (κ1) is 6.71. The Balaban J connectivity index is 2.36. The van der Waals surface area contributed by atoms with E-state index in [0.717, 1.165) is 12.2 Å². The Morgan fingerprint density at radius 1 is 1.45 bits per heavy atom. The number of hydrogen-bond acceptors (Lipinski definition) is 1. The quantitative estimate of drug-likeness (QED) is 0.513. The molecule has 0 amide bonds. The first-order chi connectivity index (χ1) is 5.17. The van der Waals surface area contributed by atoms with Crippen LogP contribution in [0.4, 0.5) is 0 Å². The van der Waals surface area contributed by atoms with Crippen molar-refractivity contribution in [1.29, 1.82) is 0 Å². The van der Waals surface area contributed by atoms with Gasteiger partial charge in [-0.25, -0.2) is 0 Å². The summed E-state index contributed by atoms with van der Waals surface area (Å²) in [5, 5.41) is 0. The fourth-order valence-electron chi connectivity index (χ4n) is 1.60. The molecule has 11 heavy (non-hydrogen) atoms. The normalized spacial score (nSPS) is 25.3. The molecule has 0 spiro atoms. The molecule has 58 valence electrons. The summed E-state index contributed by atoms with van der Waals surface area (Å²) < 4.78 is 5.35. The number of rotatable bonds is 0. The van der Waals surface area contributed by atoms with Gasteiger partial charge in [0.15, 0.2) is 0 Å². The minimum absolute atomic E-state index is 0.285. The molecule has 0 radical (unpaired) electrons. The Hall–Kier alpha value is -0.980. The van der Waals surface area contributed by atoms with Crippen molar-refractivity contribution in [3.05, 3.63) is 35.8 Å². The molecule has 0 saturated heterocycles. The summed E-state index contributed by atoms with van der Waals surface area (Å²) in [6, 6.07) is 0. The van der Waals surface area contributed by atoms with E-state index in [1.165, 1.54) is 5.57 Å². The van der Waals surface area contributed by atoms with E-state index in [2.05, 4.69) is 26.0 Å². The van der Waals surface area contributed by atoms with E-state index in [1.54, 1.807) is 6.26 Å². The molecule has 0 unspecified atom stereocenters. The highest BCUT2D eigenvalue weighted by Crippen LogP contribution is 2.40. The predicted molar refractivity (Wildman–Crippen MR) is 44.8 cm³/mol. The van der Waals surface area contributed by atoms with Crippen LogP contribution in [0.2, 0.25) is 0 Å². The third kappa shape index (κ3) is 1.11. The maximum Gasteiger partial charge on any atom is 0.126 e. The fraction of sp³-hybridized carbons (Fsp3) is 0.400. The molecule has 0 fully saturated rings. The summed E-state index contributed by atoms with van der Waals surface area (Å²) >= 11 is 0. The zero-order valence-electron chi connectivity index (χ0n) is 6.92. The van der Waals surface area contributed by atoms with Crippen LogP contribution in [0.5, 0.6) is 0 Å². The summed E-state index contributed by atoms with van der Waals surface area (Å²) in [7, 11) is 0. The van der Waals surface area contributed by atoms with Crippen LogP contribution in [-0.4, -0.2) is 0 Å². The molecule has 1 nitrogen and oxygen atoms in total. The summed E-state index contributed by atoms with van der Waals surface area (Å²) in [6.45, 7) is 4.45. The Morgan fingerprint density at radius 3 is 3.00 bits per heavy atom. The molecule has 2 aliphatic rings. The first-order valence-electron chi connectivity index (χ1n) is 3.93. The predicted octanol–water partition coefficient (Wildman–Crippen LogP) is 2.77. The van der Waals surface area contributed by atoms with Crippen LogP contribution in [0.15, 0.2) is 35.8 Å². The van der Waals surface area contributed by atoms with E-state index in [4.69, 9.17) is 4.74 Å². The Labute approximate surface area is 67.1 Å². The Morgan fingerprint density at radius 2 is 2.27 bits per heavy atom. The average Bonchev–Trinajstić information content (AvgIpc) is 2.21. The zero-order valence-corrected chi connectivity index (χ0v) is 6.92. The fourth-order valence-corrected chi connectivity index (χ4v) is 1.60. The van der Waals surface area contributed by atoms with Crippen LogP contribution < -0.4 is 0 Å². The van der Waals surface area contributed by atoms with Gasteiger partial charge in [0.1, 0.15) is 5.76 Å². The average molecular weight is 148 g/mol. The molecule has 0 aromatic carbocycles. The van der Waals surface area contributed by atoms with Crippen LogP contribution in [0.1, 0.15) is 20.3 Å². The molecular weight excluding hydrogens is 136 g/mol. The molecule has 1 aliphatic heterocycles. The molecule has 1 heterocycles. The van der Waals surface area contributed by atoms with Gasteiger partial charge >= 0.3 is 0 Å². The molecule has 0 bridgehead atoms. The minimum atomic E-state index is 0.285. The van der Waals surface area contributed by atoms with E-state index in [-0.39, 0.29) is 5.41 Å². The van der Waals surface area contributed by atoms with Gasteiger partial charge in [0.2, 0.25) is 0 Å². The lowest BCUT2D eigenvalue weighted by Crippen LogP contribution is -2.01. The van der Waals surface area contributed by atoms with Crippen LogP contribution in [0.25, 0.3) is 0 Å². The van der Waals surface area contributed by atoms with E-state index in [1.807, 2.05) is 6.08 Å². The number of hydrogen-bond donors (Lipinski definition) is 0. The third-order valence-corrected chi connectivity index (χ3v) is 2.06. The van der Waals surface area contributed by atoms with Gasteiger partial charge in [-0.2, -0.15) is 0 Å². The van der Waals surface area contributed by atoms with Crippen molar-refractivity contribution in [2.45, 2.75) is 20.3 Å². The van der Waals surface area contributed by atoms with Gasteiger partial charge in [-0.05, 0) is 29.6 Å².